The van der Waals surface area contributed by atoms with Gasteiger partial charge in [-0.05, 0) is 51.2 Å². The van der Waals surface area contributed by atoms with Crippen molar-refractivity contribution in [3.05, 3.63) is 40.8 Å². The van der Waals surface area contributed by atoms with E-state index in [0.29, 0.717) is 31.5 Å². The molecule has 1 aromatic heterocycles. The summed E-state index contributed by atoms with van der Waals surface area (Å²) in [5.41, 5.74) is -1.39. The molecule has 3 aliphatic carbocycles. The van der Waals surface area contributed by atoms with Crippen molar-refractivity contribution in [3.8, 4) is 5.75 Å². The van der Waals surface area contributed by atoms with E-state index in [1.54, 1.807) is 6.92 Å². The Morgan fingerprint density at radius 3 is 2.68 bits per heavy atom. The van der Waals surface area contributed by atoms with Crippen molar-refractivity contribution in [2.24, 2.45) is 0 Å². The number of rotatable bonds is 6. The molecule has 2 aromatic rings. The van der Waals surface area contributed by atoms with Gasteiger partial charge in [0.1, 0.15) is 11.6 Å². The summed E-state index contributed by atoms with van der Waals surface area (Å²) in [6, 6.07) is 3.92. The quantitative estimate of drug-likeness (QED) is 0.611. The Morgan fingerprint density at radius 1 is 1.32 bits per heavy atom. The maximum Gasteiger partial charge on any atom is 0.315 e. The van der Waals surface area contributed by atoms with Gasteiger partial charge in [0.05, 0.1) is 16.7 Å². The number of amides is 2. The highest BCUT2D eigenvalue weighted by molar-refractivity contribution is 6.30. The lowest BCUT2D eigenvalue weighted by atomic mass is 9.60. The molecule has 3 saturated carbocycles. The van der Waals surface area contributed by atoms with Gasteiger partial charge in [0.15, 0.2) is 12.4 Å². The maximum absolute atomic E-state index is 13.5. The number of fused-ring (bicyclic) bond motifs is 3. The van der Waals surface area contributed by atoms with E-state index in [2.05, 4.69) is 20.8 Å². The van der Waals surface area contributed by atoms with Gasteiger partial charge < -0.3 is 25.0 Å². The average Bonchev–Trinajstić information content (AvgIpc) is 3.17. The largest absolute Gasteiger partial charge is 0.484 e. The van der Waals surface area contributed by atoms with Crippen molar-refractivity contribution in [2.45, 2.75) is 56.2 Å². The van der Waals surface area contributed by atoms with Crippen LogP contribution in [0, 0.1) is 12.7 Å². The van der Waals surface area contributed by atoms with Gasteiger partial charge in [-0.1, -0.05) is 16.8 Å². The summed E-state index contributed by atoms with van der Waals surface area (Å²) >= 11 is 5.63. The fourth-order valence-corrected chi connectivity index (χ4v) is 4.49. The smallest absolute Gasteiger partial charge is 0.315 e. The third-order valence-electron chi connectivity index (χ3n) is 6.07. The second kappa shape index (κ2) is 8.08. The number of nitrogens with zero attached hydrogens (tertiary/aromatic N) is 2. The number of carbonyl (C=O) groups is 2. The molecule has 0 spiro atoms. The van der Waals surface area contributed by atoms with Crippen LogP contribution < -0.4 is 15.4 Å². The van der Waals surface area contributed by atoms with Crippen LogP contribution in [0.15, 0.2) is 22.7 Å². The molecule has 1 heterocycles. The number of aliphatic hydroxyl groups is 1. The lowest BCUT2D eigenvalue weighted by Gasteiger charge is -2.56. The Hall–Kier alpha value is -2.72. The number of benzene rings is 1. The molecular weight excluding hydrogens is 431 g/mol. The fraction of sp³-hybridized carbons (Fsp3) is 0.500. The molecule has 3 N–H and O–H groups in total. The molecule has 0 radical (unpaired) electrons. The second-order valence-corrected chi connectivity index (χ2v) is 8.58. The summed E-state index contributed by atoms with van der Waals surface area (Å²) in [4.78, 5) is 28.8. The minimum Gasteiger partial charge on any atom is -0.484 e. The predicted molar refractivity (Wildman–Crippen MR) is 106 cm³/mol. The topological polar surface area (TPSA) is 127 Å². The number of nitrogens with one attached hydrogen (secondary N) is 2. The van der Waals surface area contributed by atoms with Crippen LogP contribution in [0.4, 0.5) is 4.39 Å². The third kappa shape index (κ3) is 4.35. The summed E-state index contributed by atoms with van der Waals surface area (Å²) in [6.07, 6.45) is 1.56. The number of carbonyl (C=O) groups excluding carboxylic acids is 2. The van der Waals surface area contributed by atoms with Crippen molar-refractivity contribution in [3.63, 3.8) is 0 Å². The molecule has 5 rings (SSSR count). The van der Waals surface area contributed by atoms with Crippen LogP contribution in [-0.2, 0) is 4.79 Å². The van der Waals surface area contributed by atoms with Gasteiger partial charge in [0, 0.05) is 11.6 Å². The molecular formula is C20H22ClFN4O5. The minimum absolute atomic E-state index is 0.0342. The molecule has 1 atom stereocenters. The highest BCUT2D eigenvalue weighted by Gasteiger charge is 2.55. The van der Waals surface area contributed by atoms with E-state index in [1.165, 1.54) is 12.1 Å². The van der Waals surface area contributed by atoms with E-state index < -0.39 is 34.8 Å². The summed E-state index contributed by atoms with van der Waals surface area (Å²) in [6.45, 7) is 1.29. The maximum atomic E-state index is 13.5. The predicted octanol–water partition coefficient (Wildman–Crippen LogP) is 1.91. The van der Waals surface area contributed by atoms with E-state index in [-0.39, 0.29) is 29.7 Å². The summed E-state index contributed by atoms with van der Waals surface area (Å²) < 4.78 is 23.7. The van der Waals surface area contributed by atoms with Gasteiger partial charge in [0.2, 0.25) is 0 Å². The van der Waals surface area contributed by atoms with Crippen LogP contribution >= 0.6 is 11.6 Å². The van der Waals surface area contributed by atoms with Crippen LogP contribution in [0.1, 0.15) is 48.6 Å². The van der Waals surface area contributed by atoms with Crippen molar-refractivity contribution < 1.29 is 28.3 Å². The molecule has 1 aromatic carbocycles. The zero-order valence-corrected chi connectivity index (χ0v) is 17.5. The van der Waals surface area contributed by atoms with Gasteiger partial charge in [-0.3, -0.25) is 9.59 Å². The third-order valence-corrected chi connectivity index (χ3v) is 6.38. The molecule has 0 aliphatic heterocycles. The lowest BCUT2D eigenvalue weighted by molar-refractivity contribution is -0.132. The van der Waals surface area contributed by atoms with Gasteiger partial charge in [0.25, 0.3) is 5.91 Å². The number of ether oxygens (including phenoxy) is 1. The van der Waals surface area contributed by atoms with Gasteiger partial charge in [-0.15, -0.1) is 0 Å². The molecule has 166 valence electrons. The first-order valence-corrected chi connectivity index (χ1v) is 10.3. The van der Waals surface area contributed by atoms with Crippen LogP contribution in [0.5, 0.6) is 5.75 Å². The number of aryl methyl sites for hydroxylation is 1. The molecule has 2 amide bonds. The van der Waals surface area contributed by atoms with Gasteiger partial charge in [-0.2, -0.15) is 4.98 Å². The zero-order valence-electron chi connectivity index (χ0n) is 16.8. The Morgan fingerprint density at radius 2 is 2.06 bits per heavy atom. The van der Waals surface area contributed by atoms with Crippen LogP contribution in [0.3, 0.4) is 0 Å². The number of aliphatic hydroxyl groups excluding tert-OH is 1. The number of aromatic nitrogens is 2. The number of hydrogen-bond donors (Lipinski definition) is 3. The van der Waals surface area contributed by atoms with Crippen molar-refractivity contribution in [1.82, 2.24) is 20.8 Å². The molecule has 2 bridgehead atoms. The van der Waals surface area contributed by atoms with E-state index in [4.69, 9.17) is 20.9 Å². The molecule has 11 heteroatoms. The Labute approximate surface area is 182 Å². The first kappa shape index (κ1) is 21.5. The molecule has 0 saturated heterocycles. The fourth-order valence-electron chi connectivity index (χ4n) is 4.37. The normalized spacial score (nSPS) is 27.0. The SMILES string of the molecule is Cc1noc(C(=O)NC23CCC(NC(=O)COc4ccc(Cl)c(F)c4)(CC2)[C@@H](O)C3)n1. The number of halogens is 2. The van der Waals surface area contributed by atoms with Crippen LogP contribution in [0.2, 0.25) is 5.02 Å². The summed E-state index contributed by atoms with van der Waals surface area (Å²) in [5.74, 6) is -1.11. The van der Waals surface area contributed by atoms with Crippen LogP contribution in [0.25, 0.3) is 0 Å². The molecule has 3 fully saturated rings. The van der Waals surface area contributed by atoms with Gasteiger partial charge in [-0.25, -0.2) is 4.39 Å². The Bertz CT molecular complexity index is 1010. The van der Waals surface area contributed by atoms with Crippen molar-refractivity contribution in [2.75, 3.05) is 6.61 Å². The van der Waals surface area contributed by atoms with E-state index in [1.807, 2.05) is 0 Å². The molecule has 3 aliphatic rings. The average molecular weight is 453 g/mol. The number of hydrogen-bond acceptors (Lipinski definition) is 7. The first-order chi connectivity index (χ1) is 14.7. The molecule has 0 unspecified atom stereocenters. The first-order valence-electron chi connectivity index (χ1n) is 9.90. The summed E-state index contributed by atoms with van der Waals surface area (Å²) in [5, 5.41) is 20.2. The highest BCUT2D eigenvalue weighted by Crippen LogP contribution is 2.47. The molecule has 31 heavy (non-hydrogen) atoms. The minimum atomic E-state index is -0.850. The Kier molecular flexibility index (Phi) is 5.61. The highest BCUT2D eigenvalue weighted by atomic mass is 35.5. The van der Waals surface area contributed by atoms with Gasteiger partial charge >= 0.3 is 11.8 Å². The zero-order chi connectivity index (χ0) is 22.2. The van der Waals surface area contributed by atoms with Crippen molar-refractivity contribution >= 4 is 23.4 Å². The monoisotopic (exact) mass is 452 g/mol. The Balaban J connectivity index is 1.34. The lowest BCUT2D eigenvalue weighted by Crippen LogP contribution is -2.70. The van der Waals surface area contributed by atoms with E-state index in [9.17, 15) is 19.1 Å². The van der Waals surface area contributed by atoms with Crippen molar-refractivity contribution in [1.29, 1.82) is 0 Å². The van der Waals surface area contributed by atoms with E-state index in [0.717, 1.165) is 6.07 Å². The summed E-state index contributed by atoms with van der Waals surface area (Å²) in [7, 11) is 0. The van der Waals surface area contributed by atoms with E-state index >= 15 is 0 Å². The van der Waals surface area contributed by atoms with Crippen LogP contribution in [-0.4, -0.2) is 50.9 Å². The second-order valence-electron chi connectivity index (χ2n) is 8.17. The standard InChI is InChI=1S/C20H22ClFN4O5/c1-11-23-18(31-26-11)17(29)25-19-4-6-20(7-5-19,15(27)9-19)24-16(28)10-30-12-2-3-13(21)14(22)8-12/h2-3,8,15,27H,4-7,9-10H2,1H3,(H,24,28)(H,25,29)/t15-,19?,20?/m0/s1. The molecule has 9 nitrogen and oxygen atoms in total.